The standard InChI is InChI=1S/C17H26N4O3S/c1-3-6-17(11-22)10-20(7-5-13(17)23)9-12-8-15(24)21-16(18-12)25-14(4-2)19-21/h8,13,22-23H,3-7,9-11H2,1-2H3/t13-,17-/m0/s1. The van der Waals surface area contributed by atoms with Crippen LogP contribution in [0.2, 0.25) is 0 Å². The minimum absolute atomic E-state index is 0.0255. The number of fused-ring (bicyclic) bond motifs is 1. The first-order valence-electron chi connectivity index (χ1n) is 8.91. The predicted octanol–water partition coefficient (Wildman–Crippen LogP) is 1.06. The molecule has 3 rings (SSSR count). The van der Waals surface area contributed by atoms with E-state index in [1.54, 1.807) is 0 Å². The molecular weight excluding hydrogens is 340 g/mol. The maximum Gasteiger partial charge on any atom is 0.275 e. The lowest BCUT2D eigenvalue weighted by molar-refractivity contribution is -0.0821. The van der Waals surface area contributed by atoms with E-state index >= 15 is 0 Å². The first-order valence-corrected chi connectivity index (χ1v) is 9.73. The number of hydrogen-bond acceptors (Lipinski definition) is 7. The van der Waals surface area contributed by atoms with Gasteiger partial charge in [0, 0.05) is 31.1 Å². The van der Waals surface area contributed by atoms with Crippen molar-refractivity contribution in [2.75, 3.05) is 19.7 Å². The summed E-state index contributed by atoms with van der Waals surface area (Å²) in [6.45, 7) is 5.93. The molecule has 0 unspecified atom stereocenters. The maximum atomic E-state index is 12.3. The number of aliphatic hydroxyl groups excluding tert-OH is 2. The number of aliphatic hydroxyl groups is 2. The molecule has 0 aliphatic carbocycles. The molecule has 1 saturated heterocycles. The second-order valence-corrected chi connectivity index (χ2v) is 7.96. The molecule has 8 heteroatoms. The molecule has 0 bridgehead atoms. The molecule has 0 spiro atoms. The van der Waals surface area contributed by atoms with E-state index in [-0.39, 0.29) is 12.2 Å². The van der Waals surface area contributed by atoms with Crippen LogP contribution in [0.15, 0.2) is 10.9 Å². The molecule has 3 heterocycles. The van der Waals surface area contributed by atoms with Crippen molar-refractivity contribution >= 4 is 16.3 Å². The van der Waals surface area contributed by atoms with Gasteiger partial charge in [0.2, 0.25) is 4.96 Å². The van der Waals surface area contributed by atoms with E-state index in [0.717, 1.165) is 36.5 Å². The molecule has 2 aromatic heterocycles. The molecule has 2 N–H and O–H groups in total. The van der Waals surface area contributed by atoms with E-state index in [4.69, 9.17) is 0 Å². The largest absolute Gasteiger partial charge is 0.396 e. The Kier molecular flexibility index (Phi) is 5.52. The number of aromatic nitrogens is 3. The molecule has 2 aromatic rings. The van der Waals surface area contributed by atoms with Crippen molar-refractivity contribution in [3.63, 3.8) is 0 Å². The lowest BCUT2D eigenvalue weighted by Gasteiger charge is -2.45. The van der Waals surface area contributed by atoms with Crippen LogP contribution in [0, 0.1) is 5.41 Å². The highest BCUT2D eigenvalue weighted by molar-refractivity contribution is 7.16. The van der Waals surface area contributed by atoms with Gasteiger partial charge in [-0.2, -0.15) is 9.61 Å². The lowest BCUT2D eigenvalue weighted by Crippen LogP contribution is -2.53. The zero-order valence-corrected chi connectivity index (χ0v) is 15.6. The van der Waals surface area contributed by atoms with Crippen LogP contribution < -0.4 is 5.56 Å². The van der Waals surface area contributed by atoms with E-state index in [1.165, 1.54) is 21.9 Å². The van der Waals surface area contributed by atoms with Gasteiger partial charge in [-0.05, 0) is 19.3 Å². The normalized spacial score (nSPS) is 24.9. The first-order chi connectivity index (χ1) is 12.0. The summed E-state index contributed by atoms with van der Waals surface area (Å²) in [5.41, 5.74) is 0.0810. The second-order valence-electron chi connectivity index (χ2n) is 6.92. The SMILES string of the molecule is CCC[C@@]1(CO)CN(Cc2cc(=O)n3nc(CC)sc3n2)CC[C@@H]1O. The van der Waals surface area contributed by atoms with E-state index in [0.29, 0.717) is 24.5 Å². The zero-order valence-electron chi connectivity index (χ0n) is 14.8. The number of likely N-dealkylation sites (tertiary alicyclic amines) is 1. The Labute approximate surface area is 150 Å². The second kappa shape index (κ2) is 7.49. The van der Waals surface area contributed by atoms with Gasteiger partial charge in [-0.3, -0.25) is 9.69 Å². The van der Waals surface area contributed by atoms with Crippen LogP contribution in [0.5, 0.6) is 0 Å². The van der Waals surface area contributed by atoms with Crippen LogP contribution in [0.3, 0.4) is 0 Å². The fraction of sp³-hybridized carbons (Fsp3) is 0.706. The fourth-order valence-electron chi connectivity index (χ4n) is 3.70. The molecule has 138 valence electrons. The summed E-state index contributed by atoms with van der Waals surface area (Å²) in [4.78, 5) is 19.7. The maximum absolute atomic E-state index is 12.3. The summed E-state index contributed by atoms with van der Waals surface area (Å²) < 4.78 is 1.36. The molecule has 1 fully saturated rings. The van der Waals surface area contributed by atoms with Crippen LogP contribution >= 0.6 is 11.3 Å². The summed E-state index contributed by atoms with van der Waals surface area (Å²) in [5.74, 6) is 0. The summed E-state index contributed by atoms with van der Waals surface area (Å²) >= 11 is 1.44. The Morgan fingerprint density at radius 3 is 2.92 bits per heavy atom. The average Bonchev–Trinajstić information content (AvgIpc) is 3.02. The van der Waals surface area contributed by atoms with Crippen LogP contribution in [-0.4, -0.2) is 55.5 Å². The fourth-order valence-corrected chi connectivity index (χ4v) is 4.56. The molecule has 1 aliphatic rings. The Morgan fingerprint density at radius 2 is 2.24 bits per heavy atom. The molecular formula is C17H26N4O3S. The van der Waals surface area contributed by atoms with Crippen molar-refractivity contribution in [2.24, 2.45) is 5.41 Å². The van der Waals surface area contributed by atoms with Crippen molar-refractivity contribution in [1.29, 1.82) is 0 Å². The molecule has 2 atom stereocenters. The Morgan fingerprint density at radius 1 is 1.44 bits per heavy atom. The third-order valence-corrected chi connectivity index (χ3v) is 6.11. The summed E-state index contributed by atoms with van der Waals surface area (Å²) in [5, 5.41) is 25.4. The van der Waals surface area contributed by atoms with Crippen LogP contribution in [0.25, 0.3) is 4.96 Å². The van der Waals surface area contributed by atoms with Gasteiger partial charge < -0.3 is 10.2 Å². The van der Waals surface area contributed by atoms with Gasteiger partial charge in [-0.1, -0.05) is 31.6 Å². The minimum Gasteiger partial charge on any atom is -0.396 e. The monoisotopic (exact) mass is 366 g/mol. The van der Waals surface area contributed by atoms with Crippen molar-refractivity contribution in [3.8, 4) is 0 Å². The van der Waals surface area contributed by atoms with Gasteiger partial charge in [0.05, 0.1) is 18.4 Å². The highest BCUT2D eigenvalue weighted by Crippen LogP contribution is 2.35. The Hall–Kier alpha value is -1.35. The van der Waals surface area contributed by atoms with Crippen molar-refractivity contribution in [2.45, 2.75) is 52.2 Å². The third-order valence-electron chi connectivity index (χ3n) is 5.05. The van der Waals surface area contributed by atoms with Crippen molar-refractivity contribution in [3.05, 3.63) is 27.1 Å². The van der Waals surface area contributed by atoms with Gasteiger partial charge >= 0.3 is 0 Å². The van der Waals surface area contributed by atoms with Gasteiger partial charge in [0.25, 0.3) is 5.56 Å². The zero-order chi connectivity index (χ0) is 18.0. The van der Waals surface area contributed by atoms with E-state index in [9.17, 15) is 15.0 Å². The molecule has 1 aliphatic heterocycles. The lowest BCUT2D eigenvalue weighted by atomic mass is 9.74. The van der Waals surface area contributed by atoms with E-state index in [1.807, 2.05) is 6.92 Å². The predicted molar refractivity (Wildman–Crippen MR) is 96.8 cm³/mol. The number of aryl methyl sites for hydroxylation is 1. The Balaban J connectivity index is 1.82. The van der Waals surface area contributed by atoms with Gasteiger partial charge in [-0.25, -0.2) is 4.98 Å². The van der Waals surface area contributed by atoms with Crippen molar-refractivity contribution in [1.82, 2.24) is 19.5 Å². The summed E-state index contributed by atoms with van der Waals surface area (Å²) in [6, 6.07) is 1.54. The van der Waals surface area contributed by atoms with E-state index < -0.39 is 11.5 Å². The number of hydrogen-bond donors (Lipinski definition) is 2. The van der Waals surface area contributed by atoms with E-state index in [2.05, 4.69) is 21.9 Å². The Bertz CT molecular complexity index is 790. The van der Waals surface area contributed by atoms with Crippen LogP contribution in [-0.2, 0) is 13.0 Å². The molecule has 0 amide bonds. The number of nitrogens with zero attached hydrogens (tertiary/aromatic N) is 4. The highest BCUT2D eigenvalue weighted by atomic mass is 32.1. The van der Waals surface area contributed by atoms with Crippen molar-refractivity contribution < 1.29 is 10.2 Å². The molecule has 7 nitrogen and oxygen atoms in total. The average molecular weight is 366 g/mol. The third kappa shape index (κ3) is 3.62. The first kappa shape index (κ1) is 18.4. The van der Waals surface area contributed by atoms with Crippen LogP contribution in [0.4, 0.5) is 0 Å². The minimum atomic E-state index is -0.483. The number of rotatable bonds is 6. The molecule has 25 heavy (non-hydrogen) atoms. The van der Waals surface area contributed by atoms with Gasteiger partial charge in [-0.15, -0.1) is 0 Å². The quantitative estimate of drug-likeness (QED) is 0.794. The van der Waals surface area contributed by atoms with Gasteiger partial charge in [0.1, 0.15) is 5.01 Å². The van der Waals surface area contributed by atoms with Gasteiger partial charge in [0.15, 0.2) is 0 Å². The molecule has 0 saturated carbocycles. The topological polar surface area (TPSA) is 91.0 Å². The smallest absolute Gasteiger partial charge is 0.275 e. The highest BCUT2D eigenvalue weighted by Gasteiger charge is 2.41. The number of piperidine rings is 1. The van der Waals surface area contributed by atoms with Crippen LogP contribution in [0.1, 0.15) is 43.8 Å². The molecule has 0 radical (unpaired) electrons. The summed E-state index contributed by atoms with van der Waals surface area (Å²) in [6.07, 6.45) is 2.62. The summed E-state index contributed by atoms with van der Waals surface area (Å²) in [7, 11) is 0. The molecule has 0 aromatic carbocycles.